The van der Waals surface area contributed by atoms with Crippen LogP contribution in [0.5, 0.6) is 0 Å². The van der Waals surface area contributed by atoms with Crippen molar-refractivity contribution in [3.05, 3.63) is 0 Å². The van der Waals surface area contributed by atoms with E-state index in [1.165, 1.54) is 25.7 Å². The minimum Gasteiger partial charge on any atom is -0.390 e. The van der Waals surface area contributed by atoms with Crippen LogP contribution in [0.1, 0.15) is 79.6 Å². The minimum absolute atomic E-state index is 0.132. The van der Waals surface area contributed by atoms with Gasteiger partial charge in [-0.3, -0.25) is 0 Å². The Kier molecular flexibility index (Phi) is 3.97. The number of aliphatic hydroxyl groups is 2. The summed E-state index contributed by atoms with van der Waals surface area (Å²) in [6, 6.07) is 0. The van der Waals surface area contributed by atoms with Gasteiger partial charge in [-0.15, -0.1) is 0 Å². The van der Waals surface area contributed by atoms with Crippen molar-refractivity contribution in [3.63, 3.8) is 0 Å². The molecular weight excluding hydrogens is 272 g/mol. The van der Waals surface area contributed by atoms with Crippen LogP contribution >= 0.6 is 0 Å². The van der Waals surface area contributed by atoms with Crippen LogP contribution in [0.15, 0.2) is 0 Å². The number of rotatable bonds is 1. The maximum Gasteiger partial charge on any atom is 0.0958 e. The summed E-state index contributed by atoms with van der Waals surface area (Å²) < 4.78 is 0. The summed E-state index contributed by atoms with van der Waals surface area (Å²) in [6.45, 7) is 11.6. The molecule has 0 unspecified atom stereocenters. The summed E-state index contributed by atoms with van der Waals surface area (Å²) in [5.74, 6) is 1.78. The van der Waals surface area contributed by atoms with Crippen LogP contribution in [0, 0.1) is 34.5 Å². The molecule has 0 radical (unpaired) electrons. The molecule has 2 N–H and O–H groups in total. The second-order valence-electron chi connectivity index (χ2n) is 9.83. The summed E-state index contributed by atoms with van der Waals surface area (Å²) in [5.41, 5.74) is -0.0872. The van der Waals surface area contributed by atoms with Gasteiger partial charge in [0.15, 0.2) is 0 Å². The monoisotopic (exact) mass is 308 g/mol. The maximum absolute atomic E-state index is 11.4. The summed E-state index contributed by atoms with van der Waals surface area (Å²) in [7, 11) is 0. The molecule has 3 fully saturated rings. The summed E-state index contributed by atoms with van der Waals surface area (Å²) >= 11 is 0. The number of hydrogen-bond donors (Lipinski definition) is 2. The SMILES string of the molecule is CC(C)[C@@]1(O)[C@H](O)CC[C@H]2[C@H]1CC[C@H]1C(C)(C)CCC[C@]21C. The third-order valence-corrected chi connectivity index (χ3v) is 8.18. The molecule has 0 amide bonds. The van der Waals surface area contributed by atoms with Gasteiger partial charge in [0.25, 0.3) is 0 Å². The van der Waals surface area contributed by atoms with Gasteiger partial charge in [0, 0.05) is 0 Å². The highest BCUT2D eigenvalue weighted by Gasteiger charge is 2.62. The molecule has 3 aliphatic carbocycles. The van der Waals surface area contributed by atoms with Crippen LogP contribution < -0.4 is 0 Å². The lowest BCUT2D eigenvalue weighted by Crippen LogP contribution is -2.64. The number of fused-ring (bicyclic) bond motifs is 3. The zero-order valence-electron chi connectivity index (χ0n) is 15.2. The number of hydrogen-bond acceptors (Lipinski definition) is 2. The fourth-order valence-electron chi connectivity index (χ4n) is 7.05. The van der Waals surface area contributed by atoms with Gasteiger partial charge >= 0.3 is 0 Å². The third-order valence-electron chi connectivity index (χ3n) is 8.18. The lowest BCUT2D eigenvalue weighted by molar-refractivity contribution is -0.229. The van der Waals surface area contributed by atoms with Crippen LogP contribution in [0.25, 0.3) is 0 Å². The average molecular weight is 309 g/mol. The van der Waals surface area contributed by atoms with E-state index in [0.717, 1.165) is 25.2 Å². The highest BCUT2D eigenvalue weighted by atomic mass is 16.3. The van der Waals surface area contributed by atoms with Crippen LogP contribution in [0.3, 0.4) is 0 Å². The molecule has 0 aromatic heterocycles. The highest BCUT2D eigenvalue weighted by Crippen LogP contribution is 2.65. The van der Waals surface area contributed by atoms with Crippen molar-refractivity contribution < 1.29 is 10.2 Å². The van der Waals surface area contributed by atoms with Gasteiger partial charge in [0.05, 0.1) is 11.7 Å². The van der Waals surface area contributed by atoms with E-state index in [4.69, 9.17) is 0 Å². The molecule has 3 rings (SSSR count). The van der Waals surface area contributed by atoms with E-state index in [-0.39, 0.29) is 11.8 Å². The molecular formula is C20H36O2. The fraction of sp³-hybridized carbons (Fsp3) is 1.00. The molecule has 0 heterocycles. The first-order chi connectivity index (χ1) is 10.1. The van der Waals surface area contributed by atoms with Gasteiger partial charge in [-0.2, -0.15) is 0 Å². The third kappa shape index (κ3) is 2.13. The topological polar surface area (TPSA) is 40.5 Å². The molecule has 6 atom stereocenters. The summed E-state index contributed by atoms with van der Waals surface area (Å²) in [6.07, 6.45) is 7.65. The van der Waals surface area contributed by atoms with Crippen molar-refractivity contribution >= 4 is 0 Å². The Morgan fingerprint density at radius 1 is 0.909 bits per heavy atom. The normalized spacial score (nSPS) is 51.3. The lowest BCUT2D eigenvalue weighted by atomic mass is 9.42. The quantitative estimate of drug-likeness (QED) is 0.754. The summed E-state index contributed by atoms with van der Waals surface area (Å²) in [4.78, 5) is 0. The zero-order valence-corrected chi connectivity index (χ0v) is 15.2. The van der Waals surface area contributed by atoms with Crippen molar-refractivity contribution in [3.8, 4) is 0 Å². The first kappa shape index (κ1) is 16.8. The van der Waals surface area contributed by atoms with E-state index < -0.39 is 11.7 Å². The predicted molar refractivity (Wildman–Crippen MR) is 90.5 cm³/mol. The molecule has 2 heteroatoms. The van der Waals surface area contributed by atoms with E-state index in [9.17, 15) is 10.2 Å². The van der Waals surface area contributed by atoms with Crippen molar-refractivity contribution in [2.75, 3.05) is 0 Å². The molecule has 3 saturated carbocycles. The van der Waals surface area contributed by atoms with Gasteiger partial charge in [-0.25, -0.2) is 0 Å². The van der Waals surface area contributed by atoms with E-state index in [2.05, 4.69) is 34.6 Å². The Bertz CT molecular complexity index is 429. The van der Waals surface area contributed by atoms with E-state index in [1.807, 2.05) is 0 Å². The molecule has 128 valence electrons. The Morgan fingerprint density at radius 2 is 1.55 bits per heavy atom. The van der Waals surface area contributed by atoms with Gasteiger partial charge in [0.1, 0.15) is 0 Å². The smallest absolute Gasteiger partial charge is 0.0958 e. The molecule has 0 spiro atoms. The maximum atomic E-state index is 11.4. The minimum atomic E-state index is -0.877. The van der Waals surface area contributed by atoms with Gasteiger partial charge in [0.2, 0.25) is 0 Å². The van der Waals surface area contributed by atoms with Gasteiger partial charge in [-0.05, 0) is 73.0 Å². The van der Waals surface area contributed by atoms with Crippen LogP contribution in [0.4, 0.5) is 0 Å². The second-order valence-corrected chi connectivity index (χ2v) is 9.83. The molecule has 0 aromatic carbocycles. The standard InChI is InChI=1S/C20H36O2/c1-13(2)20(22)15-7-9-16-18(3,4)11-6-12-19(16,5)14(15)8-10-17(20)21/h13-17,21-22H,6-12H2,1-5H3/t14-,15+,16-,17+,19+,20-/m0/s1. The molecule has 0 aromatic rings. The molecule has 3 aliphatic rings. The van der Waals surface area contributed by atoms with Crippen LogP contribution in [-0.2, 0) is 0 Å². The fourth-order valence-corrected chi connectivity index (χ4v) is 7.05. The van der Waals surface area contributed by atoms with Gasteiger partial charge in [-0.1, -0.05) is 41.0 Å². The first-order valence-corrected chi connectivity index (χ1v) is 9.54. The zero-order chi connectivity index (χ0) is 16.3. The van der Waals surface area contributed by atoms with Crippen LogP contribution in [0.2, 0.25) is 0 Å². The Balaban J connectivity index is 1.98. The summed E-state index contributed by atoms with van der Waals surface area (Å²) in [5, 5.41) is 22.0. The van der Waals surface area contributed by atoms with E-state index in [0.29, 0.717) is 16.7 Å². The van der Waals surface area contributed by atoms with Crippen LogP contribution in [-0.4, -0.2) is 21.9 Å². The lowest BCUT2D eigenvalue weighted by Gasteiger charge is -2.64. The number of aliphatic hydroxyl groups excluding tert-OH is 1. The Hall–Kier alpha value is -0.0800. The average Bonchev–Trinajstić information content (AvgIpc) is 2.41. The molecule has 0 aliphatic heterocycles. The highest BCUT2D eigenvalue weighted by molar-refractivity contribution is 5.11. The van der Waals surface area contributed by atoms with E-state index in [1.54, 1.807) is 0 Å². The Labute approximate surface area is 136 Å². The molecule has 0 bridgehead atoms. The largest absolute Gasteiger partial charge is 0.390 e. The first-order valence-electron chi connectivity index (χ1n) is 9.54. The predicted octanol–water partition coefficient (Wildman–Crippen LogP) is 4.39. The van der Waals surface area contributed by atoms with Gasteiger partial charge < -0.3 is 10.2 Å². The molecule has 0 saturated heterocycles. The van der Waals surface area contributed by atoms with Crippen molar-refractivity contribution in [1.29, 1.82) is 0 Å². The van der Waals surface area contributed by atoms with Crippen molar-refractivity contribution in [2.45, 2.75) is 91.3 Å². The molecule has 2 nitrogen and oxygen atoms in total. The molecule has 22 heavy (non-hydrogen) atoms. The van der Waals surface area contributed by atoms with E-state index >= 15 is 0 Å². The van der Waals surface area contributed by atoms with Crippen molar-refractivity contribution in [1.82, 2.24) is 0 Å². The van der Waals surface area contributed by atoms with Crippen molar-refractivity contribution in [2.24, 2.45) is 34.5 Å². The Morgan fingerprint density at radius 3 is 2.18 bits per heavy atom. The second kappa shape index (κ2) is 5.21.